The molecule has 0 aliphatic carbocycles. The monoisotopic (exact) mass is 475 g/mol. The zero-order valence-electron chi connectivity index (χ0n) is 18.5. The summed E-state index contributed by atoms with van der Waals surface area (Å²) in [5.41, 5.74) is 1.25. The van der Waals surface area contributed by atoms with E-state index in [2.05, 4.69) is 10.6 Å². The molecular weight excluding hydrogens is 446 g/mol. The minimum Gasteiger partial charge on any atom is -0.326 e. The summed E-state index contributed by atoms with van der Waals surface area (Å²) in [4.78, 5) is 24.5. The summed E-state index contributed by atoms with van der Waals surface area (Å²) in [6, 6.07) is 13.5. The third kappa shape index (κ3) is 6.11. The van der Waals surface area contributed by atoms with Crippen molar-refractivity contribution in [2.75, 3.05) is 16.4 Å². The highest BCUT2D eigenvalue weighted by Gasteiger charge is 2.35. The lowest BCUT2D eigenvalue weighted by atomic mass is 10.0. The van der Waals surface area contributed by atoms with Crippen LogP contribution in [0.25, 0.3) is 0 Å². The predicted octanol–water partition coefficient (Wildman–Crippen LogP) is 4.33. The Hall–Kier alpha value is -2.36. The van der Waals surface area contributed by atoms with Gasteiger partial charge in [-0.15, -0.1) is 11.8 Å². The van der Waals surface area contributed by atoms with Crippen molar-refractivity contribution in [2.45, 2.75) is 61.9 Å². The van der Waals surface area contributed by atoms with Gasteiger partial charge in [-0.25, -0.2) is 8.42 Å². The SMILES string of the molecule is CC(=O)Nc1ccc(SCC(=O)Nc2ccc(S(=O)(=O)N3C(C)CCCC3C)cc2)cc1. The van der Waals surface area contributed by atoms with Gasteiger partial charge in [0.05, 0.1) is 10.6 Å². The quantitative estimate of drug-likeness (QED) is 0.581. The molecule has 0 radical (unpaired) electrons. The van der Waals surface area contributed by atoms with Gasteiger partial charge in [0.2, 0.25) is 21.8 Å². The molecule has 7 nitrogen and oxygen atoms in total. The van der Waals surface area contributed by atoms with Gasteiger partial charge in [-0.3, -0.25) is 9.59 Å². The highest BCUT2D eigenvalue weighted by molar-refractivity contribution is 8.00. The van der Waals surface area contributed by atoms with Gasteiger partial charge in [0.1, 0.15) is 0 Å². The molecule has 0 bridgehead atoms. The molecule has 32 heavy (non-hydrogen) atoms. The van der Waals surface area contributed by atoms with Crippen LogP contribution in [0, 0.1) is 0 Å². The highest BCUT2D eigenvalue weighted by Crippen LogP contribution is 2.30. The predicted molar refractivity (Wildman–Crippen MR) is 128 cm³/mol. The van der Waals surface area contributed by atoms with Gasteiger partial charge in [0.15, 0.2) is 0 Å². The second kappa shape index (κ2) is 10.5. The molecule has 172 valence electrons. The lowest BCUT2D eigenvalue weighted by Crippen LogP contribution is -2.47. The Morgan fingerprint density at radius 1 is 0.938 bits per heavy atom. The van der Waals surface area contributed by atoms with E-state index in [9.17, 15) is 18.0 Å². The molecule has 1 heterocycles. The fourth-order valence-electron chi connectivity index (χ4n) is 3.89. The molecule has 2 atom stereocenters. The van der Waals surface area contributed by atoms with Crippen LogP contribution in [0.5, 0.6) is 0 Å². The molecule has 1 fully saturated rings. The molecule has 2 aromatic carbocycles. The molecular formula is C23H29N3O4S2. The molecule has 0 spiro atoms. The number of hydrogen-bond acceptors (Lipinski definition) is 5. The van der Waals surface area contributed by atoms with Crippen LogP contribution in [0.4, 0.5) is 11.4 Å². The van der Waals surface area contributed by atoms with Gasteiger partial charge in [-0.2, -0.15) is 4.31 Å². The number of piperidine rings is 1. The fraction of sp³-hybridized carbons (Fsp3) is 0.391. The van der Waals surface area contributed by atoms with Crippen LogP contribution in [0.2, 0.25) is 0 Å². The maximum atomic E-state index is 13.1. The maximum Gasteiger partial charge on any atom is 0.243 e. The van der Waals surface area contributed by atoms with Crippen molar-refractivity contribution in [3.05, 3.63) is 48.5 Å². The number of hydrogen-bond donors (Lipinski definition) is 2. The van der Waals surface area contributed by atoms with Crippen LogP contribution < -0.4 is 10.6 Å². The van der Waals surface area contributed by atoms with Crippen molar-refractivity contribution in [1.29, 1.82) is 0 Å². The summed E-state index contributed by atoms with van der Waals surface area (Å²) in [7, 11) is -3.57. The number of amides is 2. The normalized spacial score (nSPS) is 19.3. The molecule has 2 aromatic rings. The average Bonchev–Trinajstić information content (AvgIpc) is 2.73. The Morgan fingerprint density at radius 2 is 1.47 bits per heavy atom. The zero-order valence-corrected chi connectivity index (χ0v) is 20.1. The van der Waals surface area contributed by atoms with Crippen molar-refractivity contribution in [3.8, 4) is 0 Å². The second-order valence-electron chi connectivity index (χ2n) is 8.03. The van der Waals surface area contributed by atoms with E-state index < -0.39 is 10.0 Å². The Balaban J connectivity index is 1.57. The number of nitrogens with one attached hydrogen (secondary N) is 2. The van der Waals surface area contributed by atoms with E-state index in [-0.39, 0.29) is 34.5 Å². The number of anilines is 2. The summed E-state index contributed by atoms with van der Waals surface area (Å²) in [5, 5.41) is 5.50. The lowest BCUT2D eigenvalue weighted by Gasteiger charge is -2.37. The maximum absolute atomic E-state index is 13.1. The van der Waals surface area contributed by atoms with Gasteiger partial charge < -0.3 is 10.6 Å². The van der Waals surface area contributed by atoms with E-state index in [4.69, 9.17) is 0 Å². The molecule has 2 unspecified atom stereocenters. The number of sulfonamides is 1. The molecule has 0 saturated carbocycles. The molecule has 3 rings (SSSR count). The molecule has 2 amide bonds. The topological polar surface area (TPSA) is 95.6 Å². The summed E-state index contributed by atoms with van der Waals surface area (Å²) in [6.45, 7) is 5.35. The Bertz CT molecular complexity index is 1040. The first-order chi connectivity index (χ1) is 15.2. The second-order valence-corrected chi connectivity index (χ2v) is 10.9. The Labute approximate surface area is 194 Å². The van der Waals surface area contributed by atoms with E-state index in [1.165, 1.54) is 18.7 Å². The van der Waals surface area contributed by atoms with Crippen molar-refractivity contribution < 1.29 is 18.0 Å². The van der Waals surface area contributed by atoms with Crippen LogP contribution in [0.15, 0.2) is 58.3 Å². The summed E-state index contributed by atoms with van der Waals surface area (Å²) in [6.07, 6.45) is 2.77. The minimum absolute atomic E-state index is 0.0209. The molecule has 2 N–H and O–H groups in total. The third-order valence-corrected chi connectivity index (χ3v) is 8.53. The Kier molecular flexibility index (Phi) is 7.97. The van der Waals surface area contributed by atoms with Crippen molar-refractivity contribution in [1.82, 2.24) is 4.31 Å². The Morgan fingerprint density at radius 3 is 2.03 bits per heavy atom. The number of carbonyl (C=O) groups is 2. The number of thioether (sulfide) groups is 1. The van der Waals surface area contributed by atoms with E-state index in [0.29, 0.717) is 11.4 Å². The average molecular weight is 476 g/mol. The van der Waals surface area contributed by atoms with Crippen LogP contribution in [0.3, 0.4) is 0 Å². The van der Waals surface area contributed by atoms with Crippen molar-refractivity contribution in [2.24, 2.45) is 0 Å². The highest BCUT2D eigenvalue weighted by atomic mass is 32.2. The summed E-state index contributed by atoms with van der Waals surface area (Å²) < 4.78 is 27.8. The lowest BCUT2D eigenvalue weighted by molar-refractivity contribution is -0.114. The van der Waals surface area contributed by atoms with Gasteiger partial charge in [-0.05, 0) is 75.2 Å². The van der Waals surface area contributed by atoms with Crippen LogP contribution >= 0.6 is 11.8 Å². The zero-order chi connectivity index (χ0) is 23.3. The first-order valence-corrected chi connectivity index (χ1v) is 13.0. The summed E-state index contributed by atoms with van der Waals surface area (Å²) in [5.74, 6) is -0.110. The third-order valence-electron chi connectivity index (χ3n) is 5.37. The van der Waals surface area contributed by atoms with Crippen LogP contribution in [0.1, 0.15) is 40.0 Å². The first kappa shape index (κ1) is 24.3. The smallest absolute Gasteiger partial charge is 0.243 e. The number of rotatable bonds is 7. The number of nitrogens with zero attached hydrogens (tertiary/aromatic N) is 1. The molecule has 9 heteroatoms. The number of benzene rings is 2. The van der Waals surface area contributed by atoms with E-state index in [1.54, 1.807) is 40.7 Å². The van der Waals surface area contributed by atoms with Gasteiger partial charge in [0.25, 0.3) is 0 Å². The molecule has 1 aliphatic rings. The van der Waals surface area contributed by atoms with Crippen molar-refractivity contribution >= 4 is 45.0 Å². The molecule has 0 aromatic heterocycles. The largest absolute Gasteiger partial charge is 0.326 e. The van der Waals surface area contributed by atoms with Gasteiger partial charge >= 0.3 is 0 Å². The van der Waals surface area contributed by atoms with Crippen LogP contribution in [-0.4, -0.2) is 42.4 Å². The fourth-order valence-corrected chi connectivity index (χ4v) is 6.47. The standard InChI is InChI=1S/C23H29N3O4S2/c1-16-5-4-6-17(2)26(16)32(29,30)22-13-9-20(10-14-22)25-23(28)15-31-21-11-7-19(8-12-21)24-18(3)27/h7-14,16-17H,4-6,15H2,1-3H3,(H,24,27)(H,25,28). The molecule has 1 aliphatic heterocycles. The molecule has 1 saturated heterocycles. The van der Waals surface area contributed by atoms with E-state index in [1.807, 2.05) is 26.0 Å². The van der Waals surface area contributed by atoms with Crippen molar-refractivity contribution in [3.63, 3.8) is 0 Å². The first-order valence-electron chi connectivity index (χ1n) is 10.6. The van der Waals surface area contributed by atoms with E-state index in [0.717, 1.165) is 24.2 Å². The summed E-state index contributed by atoms with van der Waals surface area (Å²) >= 11 is 1.37. The van der Waals surface area contributed by atoms with Gasteiger partial charge in [0, 0.05) is 35.3 Å². The van der Waals surface area contributed by atoms with E-state index >= 15 is 0 Å². The number of carbonyl (C=O) groups excluding carboxylic acids is 2. The van der Waals surface area contributed by atoms with Gasteiger partial charge in [-0.1, -0.05) is 6.42 Å². The minimum atomic E-state index is -3.57. The van der Waals surface area contributed by atoms with Crippen LogP contribution in [-0.2, 0) is 19.6 Å².